The fraction of sp³-hybridized carbons (Fsp3) is 0. The minimum absolute atomic E-state index is 0.212. The van der Waals surface area contributed by atoms with Crippen molar-refractivity contribution < 1.29 is 4.79 Å². The van der Waals surface area contributed by atoms with Crippen LogP contribution < -0.4 is 5.32 Å². The summed E-state index contributed by atoms with van der Waals surface area (Å²) in [6.07, 6.45) is 8.54. The molecule has 1 amide bonds. The molecule has 0 saturated heterocycles. The number of hydrogen-bond acceptors (Lipinski definition) is 3. The third-order valence-electron chi connectivity index (χ3n) is 3.94. The highest BCUT2D eigenvalue weighted by atomic mass is 16.1. The number of rotatable bonds is 4. The Labute approximate surface area is 150 Å². The Bertz CT molecular complexity index is 1080. The third kappa shape index (κ3) is 3.37. The molecule has 2 aromatic carbocycles. The molecule has 0 unspecified atom stereocenters. The van der Waals surface area contributed by atoms with Gasteiger partial charge in [0.05, 0.1) is 23.1 Å². The molecule has 5 nitrogen and oxygen atoms in total. The number of aromatic nitrogens is 3. The van der Waals surface area contributed by atoms with Crippen LogP contribution >= 0.6 is 0 Å². The maximum atomic E-state index is 12.3. The van der Waals surface area contributed by atoms with Gasteiger partial charge in [-0.2, -0.15) is 5.10 Å². The predicted molar refractivity (Wildman–Crippen MR) is 103 cm³/mol. The summed E-state index contributed by atoms with van der Waals surface area (Å²) in [6.45, 7) is 0. The zero-order valence-corrected chi connectivity index (χ0v) is 13.9. The van der Waals surface area contributed by atoms with Crippen molar-refractivity contribution in [3.8, 4) is 5.69 Å². The molecular formula is C21H16N4O. The smallest absolute Gasteiger partial charge is 0.248 e. The van der Waals surface area contributed by atoms with E-state index in [4.69, 9.17) is 0 Å². The number of fused-ring (bicyclic) bond motifs is 1. The van der Waals surface area contributed by atoms with Gasteiger partial charge >= 0.3 is 0 Å². The van der Waals surface area contributed by atoms with E-state index in [-0.39, 0.29) is 5.91 Å². The number of pyridine rings is 1. The van der Waals surface area contributed by atoms with Crippen LogP contribution in [0.25, 0.3) is 22.7 Å². The highest BCUT2D eigenvalue weighted by Crippen LogP contribution is 2.20. The molecule has 2 aromatic heterocycles. The van der Waals surface area contributed by atoms with Crippen molar-refractivity contribution in [2.45, 2.75) is 0 Å². The van der Waals surface area contributed by atoms with Crippen molar-refractivity contribution in [2.24, 2.45) is 0 Å². The number of carbonyl (C=O) groups is 1. The number of nitrogens with zero attached hydrogens (tertiary/aromatic N) is 3. The van der Waals surface area contributed by atoms with Gasteiger partial charge in [0.15, 0.2) is 0 Å². The number of anilines is 1. The Morgan fingerprint density at radius 1 is 1.00 bits per heavy atom. The molecule has 0 aliphatic carbocycles. The van der Waals surface area contributed by atoms with Crippen LogP contribution in [0.5, 0.6) is 0 Å². The molecule has 2 heterocycles. The fourth-order valence-electron chi connectivity index (χ4n) is 2.70. The summed E-state index contributed by atoms with van der Waals surface area (Å²) in [7, 11) is 0. The maximum Gasteiger partial charge on any atom is 0.248 e. The molecule has 1 N–H and O–H groups in total. The summed E-state index contributed by atoms with van der Waals surface area (Å²) in [6, 6.07) is 19.4. The number of para-hydroxylation sites is 2. The van der Waals surface area contributed by atoms with Gasteiger partial charge in [0.25, 0.3) is 0 Å². The minimum Gasteiger partial charge on any atom is -0.321 e. The van der Waals surface area contributed by atoms with E-state index >= 15 is 0 Å². The SMILES string of the molecule is O=C(C=Cc1cnn(-c2ccccc2)c1)Nc1cccc2cccnc12. The number of hydrogen-bond donors (Lipinski definition) is 1. The first kappa shape index (κ1) is 15.8. The van der Waals surface area contributed by atoms with E-state index in [1.165, 1.54) is 6.08 Å². The number of nitrogens with one attached hydrogen (secondary N) is 1. The molecule has 0 aliphatic heterocycles. The molecule has 5 heteroatoms. The number of benzene rings is 2. The van der Waals surface area contributed by atoms with Gasteiger partial charge in [-0.25, -0.2) is 4.68 Å². The third-order valence-corrected chi connectivity index (χ3v) is 3.94. The van der Waals surface area contributed by atoms with Gasteiger partial charge in [0, 0.05) is 29.4 Å². The van der Waals surface area contributed by atoms with E-state index in [1.807, 2.05) is 66.9 Å². The Morgan fingerprint density at radius 3 is 2.73 bits per heavy atom. The van der Waals surface area contributed by atoms with Crippen LogP contribution in [0.4, 0.5) is 5.69 Å². The molecule has 0 fully saturated rings. The van der Waals surface area contributed by atoms with Gasteiger partial charge in [0.1, 0.15) is 0 Å². The molecule has 0 radical (unpaired) electrons. The van der Waals surface area contributed by atoms with Crippen molar-refractivity contribution in [2.75, 3.05) is 5.32 Å². The Balaban J connectivity index is 1.49. The van der Waals surface area contributed by atoms with Gasteiger partial charge in [-0.3, -0.25) is 9.78 Å². The van der Waals surface area contributed by atoms with Gasteiger partial charge < -0.3 is 5.32 Å². The largest absolute Gasteiger partial charge is 0.321 e. The first-order chi connectivity index (χ1) is 12.8. The first-order valence-corrected chi connectivity index (χ1v) is 8.22. The standard InChI is InChI=1S/C21H16N4O/c26-20(24-19-10-4-6-17-7-5-13-22-21(17)19)12-11-16-14-23-25(15-16)18-8-2-1-3-9-18/h1-15H,(H,24,26). The van der Waals surface area contributed by atoms with Crippen molar-refractivity contribution in [3.05, 3.63) is 90.9 Å². The molecule has 4 rings (SSSR count). The molecule has 4 aromatic rings. The monoisotopic (exact) mass is 340 g/mol. The van der Waals surface area contributed by atoms with Gasteiger partial charge in [-0.05, 0) is 30.3 Å². The van der Waals surface area contributed by atoms with E-state index in [1.54, 1.807) is 23.2 Å². The van der Waals surface area contributed by atoms with Crippen LogP contribution in [0.2, 0.25) is 0 Å². The predicted octanol–water partition coefficient (Wildman–Crippen LogP) is 4.07. The summed E-state index contributed by atoms with van der Waals surface area (Å²) in [4.78, 5) is 16.6. The van der Waals surface area contributed by atoms with Crippen LogP contribution in [0, 0.1) is 0 Å². The summed E-state index contributed by atoms with van der Waals surface area (Å²) in [5.74, 6) is -0.212. The lowest BCUT2D eigenvalue weighted by atomic mass is 10.2. The number of carbonyl (C=O) groups excluding carboxylic acids is 1. The van der Waals surface area contributed by atoms with E-state index in [9.17, 15) is 4.79 Å². The quantitative estimate of drug-likeness (QED) is 0.570. The molecule has 0 spiro atoms. The lowest BCUT2D eigenvalue weighted by molar-refractivity contribution is -0.111. The molecule has 0 bridgehead atoms. The van der Waals surface area contributed by atoms with Gasteiger partial charge in [-0.15, -0.1) is 0 Å². The van der Waals surface area contributed by atoms with Crippen molar-refractivity contribution in [1.82, 2.24) is 14.8 Å². The van der Waals surface area contributed by atoms with E-state index in [2.05, 4.69) is 15.4 Å². The normalized spacial score (nSPS) is 11.1. The van der Waals surface area contributed by atoms with Crippen molar-refractivity contribution in [1.29, 1.82) is 0 Å². The zero-order chi connectivity index (χ0) is 17.8. The summed E-state index contributed by atoms with van der Waals surface area (Å²) in [5.41, 5.74) is 3.28. The minimum atomic E-state index is -0.212. The summed E-state index contributed by atoms with van der Waals surface area (Å²) >= 11 is 0. The second-order valence-electron chi connectivity index (χ2n) is 5.76. The first-order valence-electron chi connectivity index (χ1n) is 8.22. The van der Waals surface area contributed by atoms with Gasteiger partial charge in [-0.1, -0.05) is 36.4 Å². The Kier molecular flexibility index (Phi) is 4.26. The van der Waals surface area contributed by atoms with Crippen LogP contribution in [0.15, 0.2) is 85.3 Å². The lowest BCUT2D eigenvalue weighted by Crippen LogP contribution is -2.08. The van der Waals surface area contributed by atoms with Crippen LogP contribution in [-0.2, 0) is 4.79 Å². The zero-order valence-electron chi connectivity index (χ0n) is 13.9. The van der Waals surface area contributed by atoms with E-state index < -0.39 is 0 Å². The number of amides is 1. The Hall–Kier alpha value is -3.73. The van der Waals surface area contributed by atoms with Crippen LogP contribution in [0.3, 0.4) is 0 Å². The fourth-order valence-corrected chi connectivity index (χ4v) is 2.70. The molecular weight excluding hydrogens is 324 g/mol. The van der Waals surface area contributed by atoms with Crippen molar-refractivity contribution in [3.63, 3.8) is 0 Å². The molecule has 26 heavy (non-hydrogen) atoms. The van der Waals surface area contributed by atoms with E-state index in [0.29, 0.717) is 5.69 Å². The lowest BCUT2D eigenvalue weighted by Gasteiger charge is -2.05. The summed E-state index contributed by atoms with van der Waals surface area (Å²) < 4.78 is 1.77. The molecule has 0 saturated carbocycles. The molecule has 126 valence electrons. The average molecular weight is 340 g/mol. The van der Waals surface area contributed by atoms with Crippen LogP contribution in [0.1, 0.15) is 5.56 Å². The topological polar surface area (TPSA) is 59.8 Å². The average Bonchev–Trinajstić information content (AvgIpc) is 3.17. The maximum absolute atomic E-state index is 12.3. The highest BCUT2D eigenvalue weighted by Gasteiger charge is 2.04. The van der Waals surface area contributed by atoms with E-state index in [0.717, 1.165) is 22.2 Å². The second kappa shape index (κ2) is 7.03. The van der Waals surface area contributed by atoms with Crippen molar-refractivity contribution >= 4 is 28.6 Å². The summed E-state index contributed by atoms with van der Waals surface area (Å²) in [5, 5.41) is 8.18. The van der Waals surface area contributed by atoms with Crippen LogP contribution in [-0.4, -0.2) is 20.7 Å². The molecule has 0 aliphatic rings. The highest BCUT2D eigenvalue weighted by molar-refractivity contribution is 6.06. The van der Waals surface area contributed by atoms with Gasteiger partial charge in [0.2, 0.25) is 5.91 Å². The Morgan fingerprint density at radius 2 is 1.85 bits per heavy atom. The second-order valence-corrected chi connectivity index (χ2v) is 5.76. The molecule has 0 atom stereocenters.